The summed E-state index contributed by atoms with van der Waals surface area (Å²) in [5.74, 6) is 0.923. The van der Waals surface area contributed by atoms with Crippen LogP contribution < -0.4 is 10.1 Å². The Morgan fingerprint density at radius 2 is 1.78 bits per heavy atom. The second-order valence-electron chi connectivity index (χ2n) is 5.75. The number of hydrogen-bond acceptors (Lipinski definition) is 3. The minimum absolute atomic E-state index is 0.205. The van der Waals surface area contributed by atoms with Gasteiger partial charge in [0, 0.05) is 31.2 Å². The molecule has 1 atom stereocenters. The molecule has 0 bridgehead atoms. The summed E-state index contributed by atoms with van der Waals surface area (Å²) in [6, 6.07) is 16.8. The van der Waals surface area contributed by atoms with E-state index in [1.165, 1.54) is 11.1 Å². The van der Waals surface area contributed by atoms with E-state index < -0.39 is 0 Å². The highest BCUT2D eigenvalue weighted by molar-refractivity contribution is 6.30. The van der Waals surface area contributed by atoms with E-state index in [-0.39, 0.29) is 6.04 Å². The summed E-state index contributed by atoms with van der Waals surface area (Å²) in [7, 11) is 0. The maximum absolute atomic E-state index is 6.24. The molecule has 0 radical (unpaired) electrons. The first-order chi connectivity index (χ1) is 11.3. The maximum atomic E-state index is 6.24. The largest absolute Gasteiger partial charge is 0.494 e. The van der Waals surface area contributed by atoms with E-state index >= 15 is 0 Å². The second-order valence-corrected chi connectivity index (χ2v) is 6.19. The maximum Gasteiger partial charge on any atom is 0.119 e. The van der Waals surface area contributed by atoms with Crippen LogP contribution >= 0.6 is 11.6 Å². The van der Waals surface area contributed by atoms with Crippen molar-refractivity contribution in [1.82, 2.24) is 10.2 Å². The molecule has 1 N–H and O–H groups in total. The Balaban J connectivity index is 1.98. The van der Waals surface area contributed by atoms with Gasteiger partial charge in [0.25, 0.3) is 0 Å². The zero-order chi connectivity index (χ0) is 16.1. The molecule has 1 aliphatic heterocycles. The summed E-state index contributed by atoms with van der Waals surface area (Å²) < 4.78 is 5.69. The standard InChI is InChI=1S/C19H23ClN2O/c1-2-23-18-8-4-6-16(14-18)19(22-11-9-21-10-12-22)15-5-3-7-17(20)13-15/h3-8,13-14,19,21H,2,9-12H2,1H3. The summed E-state index contributed by atoms with van der Waals surface area (Å²) in [4.78, 5) is 2.51. The van der Waals surface area contributed by atoms with E-state index in [0.717, 1.165) is 37.0 Å². The van der Waals surface area contributed by atoms with Crippen LogP contribution in [0.2, 0.25) is 5.02 Å². The van der Waals surface area contributed by atoms with Crippen LogP contribution in [0, 0.1) is 0 Å². The van der Waals surface area contributed by atoms with Gasteiger partial charge in [0.1, 0.15) is 5.75 Å². The van der Waals surface area contributed by atoms with Gasteiger partial charge in [-0.05, 0) is 42.3 Å². The van der Waals surface area contributed by atoms with Crippen LogP contribution in [-0.2, 0) is 0 Å². The van der Waals surface area contributed by atoms with Gasteiger partial charge in [-0.15, -0.1) is 0 Å². The Kier molecular flexibility index (Phi) is 5.55. The lowest BCUT2D eigenvalue weighted by Crippen LogP contribution is -2.45. The van der Waals surface area contributed by atoms with E-state index in [0.29, 0.717) is 6.61 Å². The molecule has 2 aromatic rings. The van der Waals surface area contributed by atoms with Crippen molar-refractivity contribution in [2.24, 2.45) is 0 Å². The normalized spacial score (nSPS) is 17.0. The lowest BCUT2D eigenvalue weighted by molar-refractivity contribution is 0.198. The van der Waals surface area contributed by atoms with E-state index in [2.05, 4.69) is 40.5 Å². The van der Waals surface area contributed by atoms with Crippen molar-refractivity contribution < 1.29 is 4.74 Å². The van der Waals surface area contributed by atoms with Gasteiger partial charge in [-0.25, -0.2) is 0 Å². The quantitative estimate of drug-likeness (QED) is 0.904. The smallest absolute Gasteiger partial charge is 0.119 e. The van der Waals surface area contributed by atoms with Gasteiger partial charge < -0.3 is 10.1 Å². The first-order valence-corrected chi connectivity index (χ1v) is 8.58. The average molecular weight is 331 g/mol. The van der Waals surface area contributed by atoms with Gasteiger partial charge >= 0.3 is 0 Å². The summed E-state index contributed by atoms with van der Waals surface area (Å²) in [5, 5.41) is 4.20. The molecule has 1 saturated heterocycles. The minimum atomic E-state index is 0.205. The molecule has 1 unspecified atom stereocenters. The van der Waals surface area contributed by atoms with Crippen LogP contribution in [0.4, 0.5) is 0 Å². The minimum Gasteiger partial charge on any atom is -0.494 e. The lowest BCUT2D eigenvalue weighted by Gasteiger charge is -2.35. The molecule has 1 heterocycles. The summed E-state index contributed by atoms with van der Waals surface area (Å²) in [6.07, 6.45) is 0. The number of nitrogens with one attached hydrogen (secondary N) is 1. The fourth-order valence-electron chi connectivity index (χ4n) is 3.17. The van der Waals surface area contributed by atoms with E-state index in [4.69, 9.17) is 16.3 Å². The van der Waals surface area contributed by atoms with Crippen molar-refractivity contribution in [2.75, 3.05) is 32.8 Å². The van der Waals surface area contributed by atoms with Crippen LogP contribution in [0.3, 0.4) is 0 Å². The Morgan fingerprint density at radius 3 is 2.48 bits per heavy atom. The first kappa shape index (κ1) is 16.3. The molecule has 4 heteroatoms. The fourth-order valence-corrected chi connectivity index (χ4v) is 3.37. The number of nitrogens with zero attached hydrogens (tertiary/aromatic N) is 1. The van der Waals surface area contributed by atoms with E-state index in [1.807, 2.05) is 25.1 Å². The molecule has 1 fully saturated rings. The highest BCUT2D eigenvalue weighted by Gasteiger charge is 2.24. The molecule has 0 saturated carbocycles. The van der Waals surface area contributed by atoms with Crippen molar-refractivity contribution in [3.8, 4) is 5.75 Å². The number of halogens is 1. The predicted octanol–water partition coefficient (Wildman–Crippen LogP) is 3.73. The Morgan fingerprint density at radius 1 is 1.09 bits per heavy atom. The highest BCUT2D eigenvalue weighted by atomic mass is 35.5. The molecule has 0 amide bonds. The predicted molar refractivity (Wildman–Crippen MR) is 95.3 cm³/mol. The Bertz CT molecular complexity index is 641. The van der Waals surface area contributed by atoms with Crippen molar-refractivity contribution in [1.29, 1.82) is 0 Å². The molecule has 0 aromatic heterocycles. The van der Waals surface area contributed by atoms with Gasteiger partial charge in [-0.2, -0.15) is 0 Å². The molecule has 23 heavy (non-hydrogen) atoms. The third-order valence-electron chi connectivity index (χ3n) is 4.17. The van der Waals surface area contributed by atoms with E-state index in [1.54, 1.807) is 0 Å². The summed E-state index contributed by atoms with van der Waals surface area (Å²) >= 11 is 6.24. The molecule has 0 spiro atoms. The number of rotatable bonds is 5. The molecule has 1 aliphatic rings. The highest BCUT2D eigenvalue weighted by Crippen LogP contribution is 2.32. The number of ether oxygens (including phenoxy) is 1. The third-order valence-corrected chi connectivity index (χ3v) is 4.40. The fraction of sp³-hybridized carbons (Fsp3) is 0.368. The van der Waals surface area contributed by atoms with Crippen molar-refractivity contribution >= 4 is 11.6 Å². The van der Waals surface area contributed by atoms with Crippen LogP contribution in [0.25, 0.3) is 0 Å². The molecule has 3 nitrogen and oxygen atoms in total. The van der Waals surface area contributed by atoms with Gasteiger partial charge in [0.05, 0.1) is 12.6 Å². The number of piperazine rings is 1. The van der Waals surface area contributed by atoms with Crippen molar-refractivity contribution in [2.45, 2.75) is 13.0 Å². The molecule has 3 rings (SSSR count). The number of benzene rings is 2. The monoisotopic (exact) mass is 330 g/mol. The lowest BCUT2D eigenvalue weighted by atomic mass is 9.96. The molecule has 0 aliphatic carbocycles. The third kappa shape index (κ3) is 4.05. The van der Waals surface area contributed by atoms with Crippen LogP contribution in [0.5, 0.6) is 5.75 Å². The summed E-state index contributed by atoms with van der Waals surface area (Å²) in [5.41, 5.74) is 2.48. The van der Waals surface area contributed by atoms with Gasteiger partial charge in [-0.1, -0.05) is 35.9 Å². The van der Waals surface area contributed by atoms with Gasteiger partial charge in [0.15, 0.2) is 0 Å². The van der Waals surface area contributed by atoms with Gasteiger partial charge in [0.2, 0.25) is 0 Å². The topological polar surface area (TPSA) is 24.5 Å². The van der Waals surface area contributed by atoms with Gasteiger partial charge in [-0.3, -0.25) is 4.90 Å². The van der Waals surface area contributed by atoms with Crippen molar-refractivity contribution in [3.05, 3.63) is 64.7 Å². The average Bonchev–Trinajstić information content (AvgIpc) is 2.57. The first-order valence-electron chi connectivity index (χ1n) is 8.21. The Hall–Kier alpha value is -1.55. The molecule has 122 valence electrons. The second kappa shape index (κ2) is 7.82. The molecule has 2 aromatic carbocycles. The Labute approximate surface area is 143 Å². The van der Waals surface area contributed by atoms with Crippen LogP contribution in [0.15, 0.2) is 48.5 Å². The zero-order valence-electron chi connectivity index (χ0n) is 13.5. The van der Waals surface area contributed by atoms with Crippen LogP contribution in [0.1, 0.15) is 24.1 Å². The van der Waals surface area contributed by atoms with E-state index in [9.17, 15) is 0 Å². The SMILES string of the molecule is CCOc1cccc(C(c2cccc(Cl)c2)N2CCNCC2)c1. The zero-order valence-corrected chi connectivity index (χ0v) is 14.2. The number of hydrogen-bond donors (Lipinski definition) is 1. The molecular formula is C19H23ClN2O. The summed E-state index contributed by atoms with van der Waals surface area (Å²) in [6.45, 7) is 6.77. The molecular weight excluding hydrogens is 308 g/mol. The van der Waals surface area contributed by atoms with Crippen molar-refractivity contribution in [3.63, 3.8) is 0 Å². The van der Waals surface area contributed by atoms with Crippen LogP contribution in [-0.4, -0.2) is 37.7 Å².